The third-order valence-corrected chi connectivity index (χ3v) is 2.83. The summed E-state index contributed by atoms with van der Waals surface area (Å²) in [5, 5.41) is 12.0. The fourth-order valence-electron chi connectivity index (χ4n) is 1.88. The van der Waals surface area contributed by atoms with Gasteiger partial charge in [-0.3, -0.25) is 4.79 Å². The average Bonchev–Trinajstić information content (AvgIpc) is 2.28. The monoisotopic (exact) mass is 238 g/mol. The lowest BCUT2D eigenvalue weighted by Crippen LogP contribution is -2.48. The number of rotatable bonds is 2. The van der Waals surface area contributed by atoms with Crippen LogP contribution in [0.2, 0.25) is 0 Å². The van der Waals surface area contributed by atoms with Crippen molar-refractivity contribution in [2.75, 3.05) is 24.5 Å². The summed E-state index contributed by atoms with van der Waals surface area (Å²) in [5.74, 6) is -0.506. The van der Waals surface area contributed by atoms with Crippen molar-refractivity contribution >= 4 is 11.6 Å². The zero-order chi connectivity index (χ0) is 12.4. The molecule has 17 heavy (non-hydrogen) atoms. The van der Waals surface area contributed by atoms with E-state index in [9.17, 15) is 14.3 Å². The minimum absolute atomic E-state index is 0.102. The first-order valence-electron chi connectivity index (χ1n) is 5.57. The lowest BCUT2D eigenvalue weighted by atomic mass is 10.1. The standard InChI is InChI=1S/C12H15FN2O2/c1-8(16)9-2-3-11(10(13)6-9)15-5-4-14-12(17)7-15/h2-3,6,8,16H,4-5,7H2,1H3,(H,14,17). The number of benzene rings is 1. The Morgan fingerprint density at radius 3 is 2.88 bits per heavy atom. The Kier molecular flexibility index (Phi) is 3.28. The molecular weight excluding hydrogens is 223 g/mol. The normalized spacial score (nSPS) is 17.8. The molecule has 0 aliphatic carbocycles. The molecular formula is C12H15FN2O2. The number of nitrogens with zero attached hydrogens (tertiary/aromatic N) is 1. The van der Waals surface area contributed by atoms with Crippen molar-refractivity contribution in [3.63, 3.8) is 0 Å². The van der Waals surface area contributed by atoms with Crippen LogP contribution in [0.15, 0.2) is 18.2 Å². The van der Waals surface area contributed by atoms with E-state index in [0.29, 0.717) is 24.3 Å². The molecule has 2 N–H and O–H groups in total. The third kappa shape index (κ3) is 2.55. The summed E-state index contributed by atoms with van der Waals surface area (Å²) in [6, 6.07) is 4.60. The van der Waals surface area contributed by atoms with E-state index in [2.05, 4.69) is 5.32 Å². The molecule has 1 unspecified atom stereocenters. The lowest BCUT2D eigenvalue weighted by molar-refractivity contribution is -0.120. The number of aliphatic hydroxyl groups excluding tert-OH is 1. The molecule has 1 aromatic carbocycles. The van der Waals surface area contributed by atoms with Gasteiger partial charge in [-0.2, -0.15) is 0 Å². The summed E-state index contributed by atoms with van der Waals surface area (Å²) in [4.78, 5) is 12.9. The van der Waals surface area contributed by atoms with Crippen LogP contribution in [0.1, 0.15) is 18.6 Å². The number of carbonyl (C=O) groups excluding carboxylic acids is 1. The van der Waals surface area contributed by atoms with Crippen molar-refractivity contribution in [3.8, 4) is 0 Å². The van der Waals surface area contributed by atoms with Crippen molar-refractivity contribution < 1.29 is 14.3 Å². The molecule has 0 bridgehead atoms. The predicted octanol–water partition coefficient (Wildman–Crippen LogP) is 0.815. The second-order valence-electron chi connectivity index (χ2n) is 4.16. The van der Waals surface area contributed by atoms with Crippen LogP contribution in [0, 0.1) is 5.82 Å². The SMILES string of the molecule is CC(O)c1ccc(N2CCNC(=O)C2)c(F)c1. The van der Waals surface area contributed by atoms with Gasteiger partial charge >= 0.3 is 0 Å². The molecule has 1 atom stereocenters. The summed E-state index contributed by atoms with van der Waals surface area (Å²) in [7, 11) is 0. The Balaban J connectivity index is 2.23. The Bertz CT molecular complexity index is 435. The molecule has 1 saturated heterocycles. The highest BCUT2D eigenvalue weighted by Gasteiger charge is 2.19. The Morgan fingerprint density at radius 2 is 2.29 bits per heavy atom. The predicted molar refractivity (Wildman–Crippen MR) is 62.3 cm³/mol. The summed E-state index contributed by atoms with van der Waals surface area (Å²) in [5.41, 5.74) is 0.942. The molecule has 0 radical (unpaired) electrons. The highest BCUT2D eigenvalue weighted by molar-refractivity contribution is 5.82. The minimum Gasteiger partial charge on any atom is -0.389 e. The second kappa shape index (κ2) is 4.71. The highest BCUT2D eigenvalue weighted by atomic mass is 19.1. The fraction of sp³-hybridized carbons (Fsp3) is 0.417. The number of halogens is 1. The van der Waals surface area contributed by atoms with Crippen LogP contribution in [0.3, 0.4) is 0 Å². The molecule has 4 nitrogen and oxygen atoms in total. The first-order valence-corrected chi connectivity index (χ1v) is 5.57. The lowest BCUT2D eigenvalue weighted by Gasteiger charge is -2.29. The van der Waals surface area contributed by atoms with Gasteiger partial charge in [0.2, 0.25) is 5.91 Å². The van der Waals surface area contributed by atoms with Gasteiger partial charge in [0.25, 0.3) is 0 Å². The largest absolute Gasteiger partial charge is 0.389 e. The van der Waals surface area contributed by atoms with E-state index in [1.165, 1.54) is 6.07 Å². The number of anilines is 1. The van der Waals surface area contributed by atoms with Gasteiger partial charge < -0.3 is 15.3 Å². The van der Waals surface area contributed by atoms with E-state index >= 15 is 0 Å². The first kappa shape index (κ1) is 11.9. The molecule has 0 saturated carbocycles. The Labute approximate surface area is 99.0 Å². The second-order valence-corrected chi connectivity index (χ2v) is 4.16. The zero-order valence-electron chi connectivity index (χ0n) is 9.61. The first-order chi connectivity index (χ1) is 8.08. The van der Waals surface area contributed by atoms with Crippen LogP contribution < -0.4 is 10.2 Å². The van der Waals surface area contributed by atoms with Gasteiger partial charge in [0.15, 0.2) is 0 Å². The molecule has 2 rings (SSSR count). The van der Waals surface area contributed by atoms with Crippen LogP contribution in [0.4, 0.5) is 10.1 Å². The quantitative estimate of drug-likeness (QED) is 0.802. The van der Waals surface area contributed by atoms with Crippen molar-refractivity contribution in [1.82, 2.24) is 5.32 Å². The average molecular weight is 238 g/mol. The summed E-state index contributed by atoms with van der Waals surface area (Å²) >= 11 is 0. The van der Waals surface area contributed by atoms with E-state index in [4.69, 9.17) is 0 Å². The number of amides is 1. The van der Waals surface area contributed by atoms with Gasteiger partial charge in [0.1, 0.15) is 5.82 Å². The van der Waals surface area contributed by atoms with Gasteiger partial charge in [-0.05, 0) is 24.6 Å². The van der Waals surface area contributed by atoms with Crippen LogP contribution in [-0.4, -0.2) is 30.6 Å². The topological polar surface area (TPSA) is 52.6 Å². The Morgan fingerprint density at radius 1 is 1.53 bits per heavy atom. The van der Waals surface area contributed by atoms with Crippen molar-refractivity contribution in [3.05, 3.63) is 29.6 Å². The maximum Gasteiger partial charge on any atom is 0.239 e. The molecule has 1 heterocycles. The molecule has 92 valence electrons. The molecule has 1 amide bonds. The van der Waals surface area contributed by atoms with E-state index in [-0.39, 0.29) is 12.5 Å². The molecule has 1 fully saturated rings. The molecule has 1 aromatic rings. The fourth-order valence-corrected chi connectivity index (χ4v) is 1.88. The van der Waals surface area contributed by atoms with Crippen LogP contribution in [-0.2, 0) is 4.79 Å². The number of hydrogen-bond acceptors (Lipinski definition) is 3. The molecule has 1 aliphatic rings. The summed E-state index contributed by atoms with van der Waals surface area (Å²) < 4.78 is 13.8. The molecule has 5 heteroatoms. The maximum atomic E-state index is 13.8. The zero-order valence-corrected chi connectivity index (χ0v) is 9.61. The van der Waals surface area contributed by atoms with Crippen LogP contribution in [0.25, 0.3) is 0 Å². The third-order valence-electron chi connectivity index (χ3n) is 2.83. The van der Waals surface area contributed by atoms with Gasteiger partial charge in [0, 0.05) is 13.1 Å². The molecule has 0 spiro atoms. The highest BCUT2D eigenvalue weighted by Crippen LogP contribution is 2.23. The van der Waals surface area contributed by atoms with Crippen LogP contribution in [0.5, 0.6) is 0 Å². The summed E-state index contributed by atoms with van der Waals surface area (Å²) in [6.45, 7) is 2.88. The van der Waals surface area contributed by atoms with Crippen molar-refractivity contribution in [2.45, 2.75) is 13.0 Å². The molecule has 1 aliphatic heterocycles. The van der Waals surface area contributed by atoms with Crippen LogP contribution >= 0.6 is 0 Å². The van der Waals surface area contributed by atoms with Gasteiger partial charge in [0.05, 0.1) is 18.3 Å². The number of piperazine rings is 1. The van der Waals surface area contributed by atoms with E-state index < -0.39 is 11.9 Å². The summed E-state index contributed by atoms with van der Waals surface area (Å²) in [6.07, 6.45) is -0.691. The van der Waals surface area contributed by atoms with Crippen molar-refractivity contribution in [2.24, 2.45) is 0 Å². The van der Waals surface area contributed by atoms with E-state index in [0.717, 1.165) is 0 Å². The van der Waals surface area contributed by atoms with Crippen molar-refractivity contribution in [1.29, 1.82) is 0 Å². The number of aliphatic hydroxyl groups is 1. The van der Waals surface area contributed by atoms with Gasteiger partial charge in [-0.15, -0.1) is 0 Å². The number of carbonyl (C=O) groups is 1. The number of nitrogens with one attached hydrogen (secondary N) is 1. The van der Waals surface area contributed by atoms with E-state index in [1.54, 1.807) is 24.0 Å². The van der Waals surface area contributed by atoms with Gasteiger partial charge in [-0.25, -0.2) is 4.39 Å². The minimum atomic E-state index is -0.691. The Hall–Kier alpha value is -1.62. The molecule has 0 aromatic heterocycles. The number of hydrogen-bond donors (Lipinski definition) is 2. The van der Waals surface area contributed by atoms with E-state index in [1.807, 2.05) is 0 Å². The maximum absolute atomic E-state index is 13.8. The van der Waals surface area contributed by atoms with Gasteiger partial charge in [-0.1, -0.05) is 6.07 Å². The smallest absolute Gasteiger partial charge is 0.239 e.